The Bertz CT molecular complexity index is 514. The van der Waals surface area contributed by atoms with Crippen LogP contribution in [-0.2, 0) is 4.74 Å². The lowest BCUT2D eigenvalue weighted by atomic mass is 10.1. The summed E-state index contributed by atoms with van der Waals surface area (Å²) in [7, 11) is 0. The molecule has 1 aliphatic carbocycles. The first kappa shape index (κ1) is 14.3. The molecule has 0 aromatic heterocycles. The molecule has 0 aliphatic heterocycles. The van der Waals surface area contributed by atoms with Gasteiger partial charge in [-0.15, -0.1) is 0 Å². The highest BCUT2D eigenvalue weighted by Gasteiger charge is 2.23. The molecule has 1 saturated carbocycles. The van der Waals surface area contributed by atoms with Crippen molar-refractivity contribution in [3.05, 3.63) is 33.9 Å². The van der Waals surface area contributed by atoms with Crippen molar-refractivity contribution >= 4 is 17.3 Å². The van der Waals surface area contributed by atoms with Crippen molar-refractivity contribution in [3.8, 4) is 0 Å². The Hall–Kier alpha value is -2.15. The van der Waals surface area contributed by atoms with Crippen LogP contribution in [0.5, 0.6) is 0 Å². The number of nitrogens with one attached hydrogen (secondary N) is 1. The quantitative estimate of drug-likeness (QED) is 0.339. The molecule has 0 spiro atoms. The Labute approximate surface area is 116 Å². The lowest BCUT2D eigenvalue weighted by Gasteiger charge is -2.07. The van der Waals surface area contributed by atoms with Gasteiger partial charge in [0, 0.05) is 13.2 Å². The molecule has 20 heavy (non-hydrogen) atoms. The highest BCUT2D eigenvalue weighted by atomic mass is 16.6. The van der Waals surface area contributed by atoms with Crippen LogP contribution in [0.15, 0.2) is 18.2 Å². The Morgan fingerprint density at radius 3 is 2.90 bits per heavy atom. The van der Waals surface area contributed by atoms with Crippen molar-refractivity contribution in [3.63, 3.8) is 0 Å². The third-order valence-corrected chi connectivity index (χ3v) is 3.08. The smallest absolute Gasteiger partial charge is 0.304 e. The predicted molar refractivity (Wildman–Crippen MR) is 73.4 cm³/mol. The minimum atomic E-state index is -0.645. The molecule has 7 heteroatoms. The molecule has 0 bridgehead atoms. The zero-order chi connectivity index (χ0) is 14.5. The van der Waals surface area contributed by atoms with Gasteiger partial charge in [-0.3, -0.25) is 14.9 Å². The van der Waals surface area contributed by atoms with E-state index in [9.17, 15) is 14.9 Å². The molecule has 108 valence electrons. The standard InChI is InChI=1S/C13H17N3O4/c14-11-3-1-2-10(12(11)16(18)19)13(17)15-6-7-20-8-9-4-5-9/h1-3,9H,4-8,14H2,(H,15,17). The first-order valence-corrected chi connectivity index (χ1v) is 6.48. The van der Waals surface area contributed by atoms with E-state index in [1.54, 1.807) is 0 Å². The van der Waals surface area contributed by atoms with Crippen molar-refractivity contribution < 1.29 is 14.5 Å². The van der Waals surface area contributed by atoms with Crippen LogP contribution in [0.3, 0.4) is 0 Å². The fourth-order valence-corrected chi connectivity index (χ4v) is 1.81. The van der Waals surface area contributed by atoms with Crippen LogP contribution in [0.4, 0.5) is 11.4 Å². The maximum atomic E-state index is 11.9. The molecule has 1 aliphatic rings. The third kappa shape index (κ3) is 3.67. The van der Waals surface area contributed by atoms with Gasteiger partial charge in [0.05, 0.1) is 11.5 Å². The van der Waals surface area contributed by atoms with Gasteiger partial charge in [0.1, 0.15) is 11.3 Å². The minimum Gasteiger partial charge on any atom is -0.393 e. The van der Waals surface area contributed by atoms with E-state index >= 15 is 0 Å². The number of nitrogens with two attached hydrogens (primary N) is 1. The molecule has 1 fully saturated rings. The summed E-state index contributed by atoms with van der Waals surface area (Å²) in [6, 6.07) is 4.30. The van der Waals surface area contributed by atoms with E-state index in [-0.39, 0.29) is 16.9 Å². The van der Waals surface area contributed by atoms with E-state index in [2.05, 4.69) is 5.32 Å². The molecular weight excluding hydrogens is 262 g/mol. The normalized spacial score (nSPS) is 14.0. The predicted octanol–water partition coefficient (Wildman–Crippen LogP) is 1.33. The highest BCUT2D eigenvalue weighted by Crippen LogP contribution is 2.28. The summed E-state index contributed by atoms with van der Waals surface area (Å²) in [6.45, 7) is 1.43. The second-order valence-corrected chi connectivity index (χ2v) is 4.77. The molecule has 0 saturated heterocycles. The summed E-state index contributed by atoms with van der Waals surface area (Å²) in [5, 5.41) is 13.5. The van der Waals surface area contributed by atoms with Crippen molar-refractivity contribution in [1.29, 1.82) is 0 Å². The monoisotopic (exact) mass is 279 g/mol. The maximum Gasteiger partial charge on any atom is 0.304 e. The first-order chi connectivity index (χ1) is 9.59. The van der Waals surface area contributed by atoms with Crippen molar-refractivity contribution in [2.75, 3.05) is 25.5 Å². The summed E-state index contributed by atoms with van der Waals surface area (Å²) < 4.78 is 5.37. The van der Waals surface area contributed by atoms with Crippen LogP contribution in [0.25, 0.3) is 0 Å². The van der Waals surface area contributed by atoms with Gasteiger partial charge in [-0.25, -0.2) is 0 Å². The van der Waals surface area contributed by atoms with Crippen LogP contribution in [0.2, 0.25) is 0 Å². The number of nitro groups is 1. The van der Waals surface area contributed by atoms with Gasteiger partial charge in [-0.1, -0.05) is 6.07 Å². The zero-order valence-electron chi connectivity index (χ0n) is 11.0. The largest absolute Gasteiger partial charge is 0.393 e. The zero-order valence-corrected chi connectivity index (χ0v) is 11.0. The Morgan fingerprint density at radius 2 is 2.25 bits per heavy atom. The molecule has 0 radical (unpaired) electrons. The minimum absolute atomic E-state index is 0.0207. The van der Waals surface area contributed by atoms with Crippen LogP contribution in [-0.4, -0.2) is 30.6 Å². The number of nitrogens with zero attached hydrogens (tertiary/aromatic N) is 1. The molecule has 0 atom stereocenters. The Kier molecular flexibility index (Phi) is 4.52. The van der Waals surface area contributed by atoms with Crippen LogP contribution in [0.1, 0.15) is 23.2 Å². The molecule has 1 aromatic rings. The fourth-order valence-electron chi connectivity index (χ4n) is 1.81. The topological polar surface area (TPSA) is 107 Å². The van der Waals surface area contributed by atoms with Gasteiger partial charge in [0.15, 0.2) is 0 Å². The molecule has 0 unspecified atom stereocenters. The SMILES string of the molecule is Nc1cccc(C(=O)NCCOCC2CC2)c1[N+](=O)[O-]. The summed E-state index contributed by atoms with van der Waals surface area (Å²) in [6.07, 6.45) is 2.42. The van der Waals surface area contributed by atoms with Crippen molar-refractivity contribution in [2.24, 2.45) is 5.92 Å². The number of amides is 1. The number of anilines is 1. The number of nitro benzene ring substituents is 1. The number of rotatable bonds is 7. The molecule has 3 N–H and O–H groups in total. The molecule has 7 nitrogen and oxygen atoms in total. The Balaban J connectivity index is 1.87. The third-order valence-electron chi connectivity index (χ3n) is 3.08. The van der Waals surface area contributed by atoms with E-state index in [4.69, 9.17) is 10.5 Å². The number of para-hydroxylation sites is 1. The maximum absolute atomic E-state index is 11.9. The number of hydrogen-bond donors (Lipinski definition) is 2. The van der Waals surface area contributed by atoms with Gasteiger partial charge in [-0.05, 0) is 30.9 Å². The summed E-state index contributed by atoms with van der Waals surface area (Å²) in [5.74, 6) is 0.153. The number of hydrogen-bond acceptors (Lipinski definition) is 5. The van der Waals surface area contributed by atoms with Gasteiger partial charge >= 0.3 is 5.69 Å². The Morgan fingerprint density at radius 1 is 1.50 bits per heavy atom. The van der Waals surface area contributed by atoms with E-state index in [0.717, 1.165) is 0 Å². The van der Waals surface area contributed by atoms with E-state index < -0.39 is 10.8 Å². The second-order valence-electron chi connectivity index (χ2n) is 4.77. The van der Waals surface area contributed by atoms with Crippen LogP contribution < -0.4 is 11.1 Å². The molecule has 1 amide bonds. The molecular formula is C13H17N3O4. The average molecular weight is 279 g/mol. The van der Waals surface area contributed by atoms with E-state index in [1.165, 1.54) is 31.0 Å². The molecule has 0 heterocycles. The van der Waals surface area contributed by atoms with E-state index in [0.29, 0.717) is 25.7 Å². The van der Waals surface area contributed by atoms with Crippen LogP contribution >= 0.6 is 0 Å². The number of carbonyl (C=O) groups is 1. The summed E-state index contributed by atoms with van der Waals surface area (Å²) in [4.78, 5) is 22.2. The summed E-state index contributed by atoms with van der Waals surface area (Å²) in [5.41, 5.74) is 5.12. The van der Waals surface area contributed by atoms with Crippen molar-refractivity contribution in [1.82, 2.24) is 5.32 Å². The highest BCUT2D eigenvalue weighted by molar-refractivity contribution is 6.00. The van der Waals surface area contributed by atoms with E-state index in [1.807, 2.05) is 0 Å². The van der Waals surface area contributed by atoms with Crippen molar-refractivity contribution in [2.45, 2.75) is 12.8 Å². The number of ether oxygens (including phenoxy) is 1. The number of nitrogen functional groups attached to an aromatic ring is 1. The number of benzene rings is 1. The summed E-state index contributed by atoms with van der Waals surface area (Å²) >= 11 is 0. The van der Waals surface area contributed by atoms with Gasteiger partial charge in [0.2, 0.25) is 0 Å². The van der Waals surface area contributed by atoms with Gasteiger partial charge in [-0.2, -0.15) is 0 Å². The second kappa shape index (κ2) is 6.33. The average Bonchev–Trinajstić information content (AvgIpc) is 3.21. The number of carbonyl (C=O) groups excluding carboxylic acids is 1. The van der Waals surface area contributed by atoms with Gasteiger partial charge < -0.3 is 15.8 Å². The van der Waals surface area contributed by atoms with Gasteiger partial charge in [0.25, 0.3) is 5.91 Å². The first-order valence-electron chi connectivity index (χ1n) is 6.48. The lowest BCUT2D eigenvalue weighted by Crippen LogP contribution is -2.28. The van der Waals surface area contributed by atoms with Crippen LogP contribution in [0, 0.1) is 16.0 Å². The molecule has 1 aromatic carbocycles. The molecule has 2 rings (SSSR count). The lowest BCUT2D eigenvalue weighted by molar-refractivity contribution is -0.384. The fraction of sp³-hybridized carbons (Fsp3) is 0.462.